The Hall–Kier alpha value is -3.53. The Morgan fingerprint density at radius 2 is 1.67 bits per heavy atom. The largest absolute Gasteiger partial charge is 0.497 e. The number of hydrogen-bond donors (Lipinski definition) is 0. The van der Waals surface area contributed by atoms with Crippen LogP contribution in [0.2, 0.25) is 0 Å². The van der Waals surface area contributed by atoms with Gasteiger partial charge in [0, 0.05) is 29.2 Å². The maximum Gasteiger partial charge on any atom is 0.276 e. The maximum atomic E-state index is 13.8. The van der Waals surface area contributed by atoms with Crippen LogP contribution in [0.15, 0.2) is 66.7 Å². The van der Waals surface area contributed by atoms with Gasteiger partial charge in [-0.05, 0) is 55.3 Å². The van der Waals surface area contributed by atoms with Gasteiger partial charge in [0.05, 0.1) is 13.2 Å². The van der Waals surface area contributed by atoms with Crippen LogP contribution in [0.5, 0.6) is 5.75 Å². The number of ether oxygens (including phenoxy) is 1. The Morgan fingerprint density at radius 1 is 0.933 bits per heavy atom. The van der Waals surface area contributed by atoms with Gasteiger partial charge in [0.2, 0.25) is 0 Å². The average Bonchev–Trinajstić information content (AvgIpc) is 3.21. The van der Waals surface area contributed by atoms with Crippen molar-refractivity contribution in [2.24, 2.45) is 7.05 Å². The van der Waals surface area contributed by atoms with Gasteiger partial charge in [0.1, 0.15) is 11.4 Å². The van der Waals surface area contributed by atoms with E-state index in [1.807, 2.05) is 52.9 Å². The minimum absolute atomic E-state index is 0.0267. The molecule has 1 aliphatic heterocycles. The summed E-state index contributed by atoms with van der Waals surface area (Å²) in [6.07, 6.45) is 0. The Kier molecular flexibility index (Phi) is 4.17. The van der Waals surface area contributed by atoms with Gasteiger partial charge < -0.3 is 9.30 Å². The fourth-order valence-corrected chi connectivity index (χ4v) is 4.75. The second-order valence-electron chi connectivity index (χ2n) is 7.97. The van der Waals surface area contributed by atoms with Crippen molar-refractivity contribution < 1.29 is 9.53 Å². The predicted octanol–water partition coefficient (Wildman–Crippen LogP) is 5.55. The SMILES string of the molecule is COc1ccc(N2C(=O)c3c(c4ccccc4n3C)[C@@H]2c2ccc(C)cc2C)cc1. The van der Waals surface area contributed by atoms with Gasteiger partial charge in [-0.1, -0.05) is 42.0 Å². The molecule has 1 aliphatic rings. The van der Waals surface area contributed by atoms with Gasteiger partial charge in [-0.3, -0.25) is 9.69 Å². The molecule has 2 heterocycles. The molecule has 0 saturated carbocycles. The van der Waals surface area contributed by atoms with Crippen LogP contribution in [0.4, 0.5) is 5.69 Å². The number of carbonyl (C=O) groups excluding carboxylic acids is 1. The highest BCUT2D eigenvalue weighted by molar-refractivity contribution is 6.15. The average molecular weight is 396 g/mol. The monoisotopic (exact) mass is 396 g/mol. The fraction of sp³-hybridized carbons (Fsp3) is 0.192. The first-order valence-electron chi connectivity index (χ1n) is 10.1. The third kappa shape index (κ3) is 2.57. The maximum absolute atomic E-state index is 13.8. The summed E-state index contributed by atoms with van der Waals surface area (Å²) < 4.78 is 7.35. The first kappa shape index (κ1) is 18.5. The van der Waals surface area contributed by atoms with Gasteiger partial charge in [-0.25, -0.2) is 0 Å². The number of aryl methyl sites for hydroxylation is 3. The molecule has 0 N–H and O–H groups in total. The summed E-state index contributed by atoms with van der Waals surface area (Å²) in [5.41, 5.74) is 7.35. The molecule has 150 valence electrons. The quantitative estimate of drug-likeness (QED) is 0.455. The summed E-state index contributed by atoms with van der Waals surface area (Å²) in [5.74, 6) is 0.801. The Morgan fingerprint density at radius 3 is 2.37 bits per heavy atom. The molecule has 1 atom stereocenters. The Labute approximate surface area is 176 Å². The fourth-order valence-electron chi connectivity index (χ4n) is 4.75. The van der Waals surface area contributed by atoms with Crippen LogP contribution in [0.25, 0.3) is 10.9 Å². The van der Waals surface area contributed by atoms with Crippen molar-refractivity contribution in [2.45, 2.75) is 19.9 Å². The molecule has 30 heavy (non-hydrogen) atoms. The molecule has 4 heteroatoms. The van der Waals surface area contributed by atoms with Crippen LogP contribution in [-0.4, -0.2) is 17.6 Å². The third-order valence-corrected chi connectivity index (χ3v) is 6.17. The number of amides is 1. The normalized spacial score (nSPS) is 15.7. The van der Waals surface area contributed by atoms with E-state index in [4.69, 9.17) is 4.74 Å². The number of carbonyl (C=O) groups is 1. The van der Waals surface area contributed by atoms with Crippen LogP contribution in [-0.2, 0) is 7.05 Å². The van der Waals surface area contributed by atoms with E-state index >= 15 is 0 Å². The molecule has 0 unspecified atom stereocenters. The molecule has 4 nitrogen and oxygen atoms in total. The number of rotatable bonds is 3. The van der Waals surface area contributed by atoms with Crippen molar-refractivity contribution in [1.29, 1.82) is 0 Å². The van der Waals surface area contributed by atoms with Gasteiger partial charge in [-0.2, -0.15) is 0 Å². The Bertz CT molecular complexity index is 1280. The number of nitrogens with zero attached hydrogens (tertiary/aromatic N) is 2. The summed E-state index contributed by atoms with van der Waals surface area (Å²) >= 11 is 0. The van der Waals surface area contributed by atoms with Gasteiger partial charge in [0.25, 0.3) is 5.91 Å². The molecule has 3 aromatic carbocycles. The number of methoxy groups -OCH3 is 1. The zero-order valence-corrected chi connectivity index (χ0v) is 17.6. The van der Waals surface area contributed by atoms with Gasteiger partial charge in [0.15, 0.2) is 0 Å². The van der Waals surface area contributed by atoms with Gasteiger partial charge in [-0.15, -0.1) is 0 Å². The molecule has 0 radical (unpaired) electrons. The second-order valence-corrected chi connectivity index (χ2v) is 7.97. The molecule has 1 aromatic heterocycles. The molecule has 4 aromatic rings. The summed E-state index contributed by atoms with van der Waals surface area (Å²) in [7, 11) is 3.63. The lowest BCUT2D eigenvalue weighted by molar-refractivity contribution is 0.0986. The molecule has 0 spiro atoms. The zero-order chi connectivity index (χ0) is 21.0. The van der Waals surface area contributed by atoms with E-state index in [9.17, 15) is 4.79 Å². The highest BCUT2D eigenvalue weighted by Crippen LogP contribution is 2.46. The van der Waals surface area contributed by atoms with Crippen LogP contribution < -0.4 is 9.64 Å². The van der Waals surface area contributed by atoms with Crippen molar-refractivity contribution in [3.63, 3.8) is 0 Å². The van der Waals surface area contributed by atoms with Crippen LogP contribution >= 0.6 is 0 Å². The van der Waals surface area contributed by atoms with E-state index in [0.29, 0.717) is 0 Å². The molecular weight excluding hydrogens is 372 g/mol. The van der Waals surface area contributed by atoms with Crippen molar-refractivity contribution in [2.75, 3.05) is 12.0 Å². The van der Waals surface area contributed by atoms with Crippen LogP contribution in [0, 0.1) is 13.8 Å². The molecule has 1 amide bonds. The smallest absolute Gasteiger partial charge is 0.276 e. The van der Waals surface area contributed by atoms with E-state index < -0.39 is 0 Å². The summed E-state index contributed by atoms with van der Waals surface area (Å²) in [4.78, 5) is 15.7. The Balaban J connectivity index is 1.79. The van der Waals surface area contributed by atoms with Crippen molar-refractivity contribution >= 4 is 22.5 Å². The third-order valence-electron chi connectivity index (χ3n) is 6.17. The topological polar surface area (TPSA) is 34.5 Å². The van der Waals surface area contributed by atoms with Crippen molar-refractivity contribution in [3.8, 4) is 5.75 Å². The van der Waals surface area contributed by atoms with Crippen LogP contribution in [0.1, 0.15) is 38.8 Å². The molecule has 0 bridgehead atoms. The summed E-state index contributed by atoms with van der Waals surface area (Å²) in [6, 6.07) is 22.3. The summed E-state index contributed by atoms with van der Waals surface area (Å²) in [6.45, 7) is 4.23. The second kappa shape index (κ2) is 6.77. The lowest BCUT2D eigenvalue weighted by atomic mass is 9.93. The number of fused-ring (bicyclic) bond motifs is 3. The van der Waals surface area contributed by atoms with Crippen molar-refractivity contribution in [1.82, 2.24) is 4.57 Å². The van der Waals surface area contributed by atoms with Crippen LogP contribution in [0.3, 0.4) is 0 Å². The van der Waals surface area contributed by atoms with E-state index in [1.54, 1.807) is 7.11 Å². The minimum Gasteiger partial charge on any atom is -0.497 e. The van der Waals surface area contributed by atoms with Crippen molar-refractivity contribution in [3.05, 3.63) is 94.7 Å². The minimum atomic E-state index is -0.174. The van der Waals surface area contributed by atoms with E-state index in [-0.39, 0.29) is 11.9 Å². The molecule has 0 saturated heterocycles. The van der Waals surface area contributed by atoms with E-state index in [2.05, 4.69) is 44.2 Å². The molecular formula is C26H24N2O2. The lowest BCUT2D eigenvalue weighted by Gasteiger charge is -2.28. The molecule has 5 rings (SSSR count). The number of aromatic nitrogens is 1. The first-order valence-corrected chi connectivity index (χ1v) is 10.1. The molecule has 0 aliphatic carbocycles. The number of anilines is 1. The number of hydrogen-bond acceptors (Lipinski definition) is 2. The standard InChI is InChI=1S/C26H24N2O2/c1-16-9-14-20(17(2)15-16)24-23-21-7-5-6-8-22(21)27(3)25(23)26(29)28(24)18-10-12-19(30-4)13-11-18/h5-15,24H,1-4H3/t24-/m0/s1. The van der Waals surface area contributed by atoms with E-state index in [0.717, 1.165) is 39.2 Å². The van der Waals surface area contributed by atoms with Gasteiger partial charge >= 0.3 is 0 Å². The summed E-state index contributed by atoms with van der Waals surface area (Å²) in [5, 5.41) is 1.13. The first-order chi connectivity index (χ1) is 14.5. The highest BCUT2D eigenvalue weighted by Gasteiger charge is 2.43. The number of para-hydroxylation sites is 1. The highest BCUT2D eigenvalue weighted by atomic mass is 16.5. The molecule has 0 fully saturated rings. The lowest BCUT2D eigenvalue weighted by Crippen LogP contribution is -2.30. The predicted molar refractivity (Wildman–Crippen MR) is 120 cm³/mol. The number of benzene rings is 3. The van der Waals surface area contributed by atoms with E-state index in [1.165, 1.54) is 11.1 Å². The zero-order valence-electron chi connectivity index (χ0n) is 17.6.